The highest BCUT2D eigenvalue weighted by molar-refractivity contribution is 5.92. The van der Waals surface area contributed by atoms with Gasteiger partial charge in [0.15, 0.2) is 11.7 Å². The molecule has 2 aromatic rings. The summed E-state index contributed by atoms with van der Waals surface area (Å²) in [6.45, 7) is 9.21. The summed E-state index contributed by atoms with van der Waals surface area (Å²) in [7, 11) is 1.73. The summed E-state index contributed by atoms with van der Waals surface area (Å²) in [5, 5.41) is 13.6. The molecule has 0 atom stereocenters. The van der Waals surface area contributed by atoms with Gasteiger partial charge in [-0.1, -0.05) is 45.0 Å². The van der Waals surface area contributed by atoms with Crippen LogP contribution in [-0.2, 0) is 17.9 Å². The third-order valence-electron chi connectivity index (χ3n) is 4.84. The highest BCUT2D eigenvalue weighted by Crippen LogP contribution is 2.22. The fraction of sp³-hybridized carbons (Fsp3) is 0.500. The van der Waals surface area contributed by atoms with Crippen molar-refractivity contribution in [1.29, 1.82) is 0 Å². The molecule has 0 bridgehead atoms. The number of amides is 1. The van der Waals surface area contributed by atoms with Crippen LogP contribution in [0.15, 0.2) is 39.8 Å². The summed E-state index contributed by atoms with van der Waals surface area (Å²) in [4.78, 5) is 16.0. The Labute approximate surface area is 173 Å². The molecular formula is C22H33N5O2. The highest BCUT2D eigenvalue weighted by Gasteiger charge is 2.13. The Morgan fingerprint density at radius 3 is 2.34 bits per heavy atom. The first-order valence-corrected chi connectivity index (χ1v) is 10.3. The van der Waals surface area contributed by atoms with E-state index in [2.05, 4.69) is 39.9 Å². The summed E-state index contributed by atoms with van der Waals surface area (Å²) in [6, 6.07) is 9.79. The number of carbonyl (C=O) groups is 1. The van der Waals surface area contributed by atoms with Crippen molar-refractivity contribution in [2.24, 2.45) is 10.9 Å². The van der Waals surface area contributed by atoms with Crippen LogP contribution < -0.4 is 16.0 Å². The van der Waals surface area contributed by atoms with Crippen molar-refractivity contribution in [3.05, 3.63) is 47.3 Å². The summed E-state index contributed by atoms with van der Waals surface area (Å²) in [6.07, 6.45) is 2.11. The van der Waals surface area contributed by atoms with Crippen LogP contribution in [0.2, 0.25) is 0 Å². The SMILES string of the molecule is CCC(CC)c1cc(CNC(=NC)NCc2ccc(NC(=O)C(C)C)cc2)on1. The van der Waals surface area contributed by atoms with Gasteiger partial charge in [-0.15, -0.1) is 0 Å². The van der Waals surface area contributed by atoms with Gasteiger partial charge in [0.25, 0.3) is 0 Å². The van der Waals surface area contributed by atoms with Crippen LogP contribution >= 0.6 is 0 Å². The van der Waals surface area contributed by atoms with E-state index in [9.17, 15) is 4.79 Å². The van der Waals surface area contributed by atoms with E-state index < -0.39 is 0 Å². The van der Waals surface area contributed by atoms with Gasteiger partial charge in [0.05, 0.1) is 12.2 Å². The lowest BCUT2D eigenvalue weighted by atomic mass is 9.99. The summed E-state index contributed by atoms with van der Waals surface area (Å²) < 4.78 is 5.44. The molecule has 29 heavy (non-hydrogen) atoms. The molecule has 1 amide bonds. The lowest BCUT2D eigenvalue weighted by Crippen LogP contribution is -2.36. The summed E-state index contributed by atoms with van der Waals surface area (Å²) in [5.41, 5.74) is 2.90. The molecule has 0 aliphatic rings. The average Bonchev–Trinajstić information content (AvgIpc) is 3.19. The number of benzene rings is 1. The Hall–Kier alpha value is -2.83. The lowest BCUT2D eigenvalue weighted by molar-refractivity contribution is -0.118. The minimum absolute atomic E-state index is 0.0141. The van der Waals surface area contributed by atoms with Crippen LogP contribution in [-0.4, -0.2) is 24.1 Å². The standard InChI is InChI=1S/C22H33N5O2/c1-6-17(7-2)20-12-19(29-27-20)14-25-22(23-5)24-13-16-8-10-18(11-9-16)26-21(28)15(3)4/h8-12,15,17H,6-7,13-14H2,1-5H3,(H,26,28)(H2,23,24,25). The van der Waals surface area contributed by atoms with E-state index in [0.29, 0.717) is 25.0 Å². The predicted molar refractivity (Wildman–Crippen MR) is 117 cm³/mol. The normalized spacial score (nSPS) is 11.8. The quantitative estimate of drug-likeness (QED) is 0.437. The van der Waals surface area contributed by atoms with Gasteiger partial charge < -0.3 is 20.5 Å². The van der Waals surface area contributed by atoms with Gasteiger partial charge in [-0.25, -0.2) is 0 Å². The van der Waals surface area contributed by atoms with Crippen LogP contribution in [0.3, 0.4) is 0 Å². The maximum atomic E-state index is 11.8. The molecule has 1 heterocycles. The van der Waals surface area contributed by atoms with Crippen molar-refractivity contribution in [1.82, 2.24) is 15.8 Å². The van der Waals surface area contributed by atoms with Crippen molar-refractivity contribution in [2.75, 3.05) is 12.4 Å². The zero-order valence-corrected chi connectivity index (χ0v) is 18.1. The number of nitrogens with one attached hydrogen (secondary N) is 3. The number of guanidine groups is 1. The van der Waals surface area contributed by atoms with Crippen LogP contribution in [0.4, 0.5) is 5.69 Å². The Morgan fingerprint density at radius 2 is 1.76 bits per heavy atom. The Morgan fingerprint density at radius 1 is 1.10 bits per heavy atom. The Balaban J connectivity index is 1.82. The molecular weight excluding hydrogens is 366 g/mol. The van der Waals surface area contributed by atoms with Crippen molar-refractivity contribution >= 4 is 17.6 Å². The van der Waals surface area contributed by atoms with E-state index in [-0.39, 0.29) is 11.8 Å². The van der Waals surface area contributed by atoms with Crippen LogP contribution in [0.1, 0.15) is 63.5 Å². The van der Waals surface area contributed by atoms with E-state index >= 15 is 0 Å². The molecule has 2 rings (SSSR count). The van der Waals surface area contributed by atoms with E-state index in [4.69, 9.17) is 4.52 Å². The van der Waals surface area contributed by atoms with Gasteiger partial charge in [-0.3, -0.25) is 9.79 Å². The lowest BCUT2D eigenvalue weighted by Gasteiger charge is -2.12. The Kier molecular flexibility index (Phi) is 8.70. The molecule has 158 valence electrons. The largest absolute Gasteiger partial charge is 0.359 e. The first kappa shape index (κ1) is 22.5. The van der Waals surface area contributed by atoms with Crippen molar-refractivity contribution in [3.8, 4) is 0 Å². The van der Waals surface area contributed by atoms with Crippen molar-refractivity contribution in [2.45, 2.75) is 59.5 Å². The number of aliphatic imine (C=N–C) groups is 1. The molecule has 0 aliphatic heterocycles. The van der Waals surface area contributed by atoms with E-state index in [1.165, 1.54) is 0 Å². The molecule has 3 N–H and O–H groups in total. The average molecular weight is 400 g/mol. The summed E-state index contributed by atoms with van der Waals surface area (Å²) in [5.74, 6) is 1.89. The third-order valence-corrected chi connectivity index (χ3v) is 4.84. The number of anilines is 1. The summed E-state index contributed by atoms with van der Waals surface area (Å²) >= 11 is 0. The second kappa shape index (κ2) is 11.2. The molecule has 0 fully saturated rings. The second-order valence-corrected chi connectivity index (χ2v) is 7.35. The predicted octanol–water partition coefficient (Wildman–Crippen LogP) is 4.04. The van der Waals surface area contributed by atoms with Crippen molar-refractivity contribution in [3.63, 3.8) is 0 Å². The second-order valence-electron chi connectivity index (χ2n) is 7.35. The molecule has 7 heteroatoms. The van der Waals surface area contributed by atoms with E-state index in [1.54, 1.807) is 7.05 Å². The monoisotopic (exact) mass is 399 g/mol. The maximum absolute atomic E-state index is 11.8. The van der Waals surface area contributed by atoms with Gasteiger partial charge in [0.2, 0.25) is 5.91 Å². The zero-order chi connectivity index (χ0) is 21.2. The van der Waals surface area contributed by atoms with E-state index in [1.807, 2.05) is 44.2 Å². The molecule has 0 aliphatic carbocycles. The highest BCUT2D eigenvalue weighted by atomic mass is 16.5. The van der Waals surface area contributed by atoms with Crippen LogP contribution in [0.5, 0.6) is 0 Å². The minimum atomic E-state index is -0.0407. The number of hydrogen-bond acceptors (Lipinski definition) is 4. The number of nitrogens with zero attached hydrogens (tertiary/aromatic N) is 2. The molecule has 0 radical (unpaired) electrons. The molecule has 0 saturated heterocycles. The molecule has 1 aromatic carbocycles. The molecule has 0 saturated carbocycles. The maximum Gasteiger partial charge on any atom is 0.226 e. The van der Waals surface area contributed by atoms with Crippen molar-refractivity contribution < 1.29 is 9.32 Å². The number of carbonyl (C=O) groups excluding carboxylic acids is 1. The van der Waals surface area contributed by atoms with Crippen LogP contribution in [0, 0.1) is 5.92 Å². The van der Waals surface area contributed by atoms with Gasteiger partial charge in [0, 0.05) is 37.2 Å². The van der Waals surface area contributed by atoms with E-state index in [0.717, 1.165) is 35.5 Å². The number of hydrogen-bond donors (Lipinski definition) is 3. The van der Waals surface area contributed by atoms with Gasteiger partial charge in [0.1, 0.15) is 0 Å². The number of rotatable bonds is 9. The number of aromatic nitrogens is 1. The van der Waals surface area contributed by atoms with Crippen LogP contribution in [0.25, 0.3) is 0 Å². The Bertz CT molecular complexity index is 792. The fourth-order valence-electron chi connectivity index (χ4n) is 2.88. The third kappa shape index (κ3) is 6.93. The molecule has 1 aromatic heterocycles. The molecule has 7 nitrogen and oxygen atoms in total. The van der Waals surface area contributed by atoms with Gasteiger partial charge in [-0.2, -0.15) is 0 Å². The van der Waals surface area contributed by atoms with Gasteiger partial charge >= 0.3 is 0 Å². The smallest absolute Gasteiger partial charge is 0.226 e. The fourth-order valence-corrected chi connectivity index (χ4v) is 2.88. The van der Waals surface area contributed by atoms with Gasteiger partial charge in [-0.05, 0) is 30.5 Å². The first-order chi connectivity index (χ1) is 14.0. The first-order valence-electron chi connectivity index (χ1n) is 10.3. The molecule has 0 unspecified atom stereocenters. The topological polar surface area (TPSA) is 91.6 Å². The minimum Gasteiger partial charge on any atom is -0.359 e. The molecule has 0 spiro atoms. The zero-order valence-electron chi connectivity index (χ0n) is 18.1.